The molecule has 0 radical (unpaired) electrons. The average Bonchev–Trinajstić information content (AvgIpc) is 2.99. The van der Waals surface area contributed by atoms with E-state index in [4.69, 9.17) is 4.42 Å². The van der Waals surface area contributed by atoms with Gasteiger partial charge in [-0.05, 0) is 32.9 Å². The quantitative estimate of drug-likeness (QED) is 0.866. The van der Waals surface area contributed by atoms with E-state index >= 15 is 0 Å². The molecule has 0 bridgehead atoms. The number of hydrogen-bond acceptors (Lipinski definition) is 4. The Balaban J connectivity index is 1.96. The fourth-order valence-electron chi connectivity index (χ4n) is 1.80. The molecule has 2 N–H and O–H groups in total. The molecule has 2 rings (SSSR count). The predicted octanol–water partition coefficient (Wildman–Crippen LogP) is 2.05. The van der Waals surface area contributed by atoms with Crippen LogP contribution >= 0.6 is 0 Å². The van der Waals surface area contributed by atoms with Crippen molar-refractivity contribution in [1.82, 2.24) is 15.1 Å². The highest BCUT2D eigenvalue weighted by molar-refractivity contribution is 5.08. The highest BCUT2D eigenvalue weighted by Gasteiger charge is 2.15. The first-order chi connectivity index (χ1) is 9.00. The van der Waals surface area contributed by atoms with E-state index in [0.717, 1.165) is 11.3 Å². The molecule has 0 spiro atoms. The number of nitrogens with zero attached hydrogens (tertiary/aromatic N) is 2. The lowest BCUT2D eigenvalue weighted by Gasteiger charge is -2.18. The summed E-state index contributed by atoms with van der Waals surface area (Å²) in [7, 11) is 0. The monoisotopic (exact) mass is 263 g/mol. The minimum atomic E-state index is -0.187. The highest BCUT2D eigenvalue weighted by Crippen LogP contribution is 2.15. The molecule has 19 heavy (non-hydrogen) atoms. The Bertz CT molecular complexity index is 497. The molecule has 0 aliphatic rings. The number of aromatic nitrogens is 2. The Kier molecular flexibility index (Phi) is 4.07. The third-order valence-electron chi connectivity index (χ3n) is 2.95. The molecule has 104 valence electrons. The van der Waals surface area contributed by atoms with Crippen LogP contribution in [-0.4, -0.2) is 21.5 Å². The molecule has 1 unspecified atom stereocenters. The molecule has 5 heteroatoms. The lowest BCUT2D eigenvalue weighted by Crippen LogP contribution is -2.24. The molecule has 0 fully saturated rings. The largest absolute Gasteiger partial charge is 0.468 e. The lowest BCUT2D eigenvalue weighted by molar-refractivity contribution is 0.225. The zero-order valence-corrected chi connectivity index (χ0v) is 11.6. The van der Waals surface area contributed by atoms with E-state index < -0.39 is 0 Å². The summed E-state index contributed by atoms with van der Waals surface area (Å²) in [5.41, 5.74) is 1.07. The molecule has 0 aliphatic carbocycles. The van der Waals surface area contributed by atoms with Gasteiger partial charge in [0.2, 0.25) is 0 Å². The SMILES string of the molecule is CC(C)(C)n1cc(CNC(CO)c2ccco2)cn1. The van der Waals surface area contributed by atoms with Gasteiger partial charge < -0.3 is 14.8 Å². The van der Waals surface area contributed by atoms with Gasteiger partial charge in [0.1, 0.15) is 5.76 Å². The second-order valence-corrected chi connectivity index (χ2v) is 5.60. The summed E-state index contributed by atoms with van der Waals surface area (Å²) in [4.78, 5) is 0. The minimum absolute atomic E-state index is 0.000914. The van der Waals surface area contributed by atoms with E-state index in [1.165, 1.54) is 0 Å². The third kappa shape index (κ3) is 3.45. The maximum absolute atomic E-state index is 9.37. The zero-order chi connectivity index (χ0) is 13.9. The van der Waals surface area contributed by atoms with Crippen LogP contribution in [0.3, 0.4) is 0 Å². The first-order valence-electron chi connectivity index (χ1n) is 6.42. The van der Waals surface area contributed by atoms with Gasteiger partial charge in [-0.3, -0.25) is 4.68 Å². The number of rotatable bonds is 5. The number of furan rings is 1. The fraction of sp³-hybridized carbons (Fsp3) is 0.500. The summed E-state index contributed by atoms with van der Waals surface area (Å²) in [6, 6.07) is 3.48. The predicted molar refractivity (Wildman–Crippen MR) is 72.6 cm³/mol. The van der Waals surface area contributed by atoms with Crippen molar-refractivity contribution in [2.75, 3.05) is 6.61 Å². The summed E-state index contributed by atoms with van der Waals surface area (Å²) in [6.45, 7) is 6.96. The number of aliphatic hydroxyl groups is 1. The summed E-state index contributed by atoms with van der Waals surface area (Å²) in [6.07, 6.45) is 5.47. The van der Waals surface area contributed by atoms with Crippen molar-refractivity contribution in [3.63, 3.8) is 0 Å². The van der Waals surface area contributed by atoms with Crippen LogP contribution in [0.4, 0.5) is 0 Å². The van der Waals surface area contributed by atoms with Gasteiger partial charge in [-0.25, -0.2) is 0 Å². The smallest absolute Gasteiger partial charge is 0.123 e. The fourth-order valence-corrected chi connectivity index (χ4v) is 1.80. The van der Waals surface area contributed by atoms with E-state index in [-0.39, 0.29) is 18.2 Å². The van der Waals surface area contributed by atoms with Gasteiger partial charge in [0.15, 0.2) is 0 Å². The first-order valence-corrected chi connectivity index (χ1v) is 6.42. The van der Waals surface area contributed by atoms with Crippen LogP contribution in [0.1, 0.15) is 38.1 Å². The number of nitrogens with one attached hydrogen (secondary N) is 1. The molecule has 1 atom stereocenters. The van der Waals surface area contributed by atoms with Gasteiger partial charge in [-0.2, -0.15) is 5.10 Å². The maximum atomic E-state index is 9.37. The van der Waals surface area contributed by atoms with Crippen LogP contribution in [-0.2, 0) is 12.1 Å². The number of hydrogen-bond donors (Lipinski definition) is 2. The van der Waals surface area contributed by atoms with Gasteiger partial charge in [0, 0.05) is 18.3 Å². The van der Waals surface area contributed by atoms with Crippen molar-refractivity contribution >= 4 is 0 Å². The second-order valence-electron chi connectivity index (χ2n) is 5.60. The molecule has 2 aromatic rings. The third-order valence-corrected chi connectivity index (χ3v) is 2.95. The van der Waals surface area contributed by atoms with Gasteiger partial charge in [0.25, 0.3) is 0 Å². The van der Waals surface area contributed by atoms with E-state index in [9.17, 15) is 5.11 Å². The summed E-state index contributed by atoms with van der Waals surface area (Å²) in [5.74, 6) is 0.741. The summed E-state index contributed by atoms with van der Waals surface area (Å²) >= 11 is 0. The highest BCUT2D eigenvalue weighted by atomic mass is 16.3. The molecule has 5 nitrogen and oxygen atoms in total. The molecule has 0 aromatic carbocycles. The average molecular weight is 263 g/mol. The Morgan fingerprint density at radius 2 is 2.26 bits per heavy atom. The van der Waals surface area contributed by atoms with Crippen LogP contribution in [0.15, 0.2) is 35.2 Å². The van der Waals surface area contributed by atoms with Gasteiger partial charge >= 0.3 is 0 Å². The normalized spacial score (nSPS) is 13.7. The molecule has 0 saturated heterocycles. The van der Waals surface area contributed by atoms with Crippen molar-refractivity contribution in [2.24, 2.45) is 0 Å². The van der Waals surface area contributed by atoms with Crippen molar-refractivity contribution in [3.05, 3.63) is 42.1 Å². The molecule has 0 amide bonds. The van der Waals surface area contributed by atoms with Crippen molar-refractivity contribution in [2.45, 2.75) is 38.9 Å². The second kappa shape index (κ2) is 5.59. The molecular weight excluding hydrogens is 242 g/mol. The Hall–Kier alpha value is -1.59. The molecular formula is C14H21N3O2. The van der Waals surface area contributed by atoms with Crippen LogP contribution < -0.4 is 5.32 Å². The van der Waals surface area contributed by atoms with E-state index in [2.05, 4.69) is 31.2 Å². The van der Waals surface area contributed by atoms with Crippen LogP contribution in [0.25, 0.3) is 0 Å². The van der Waals surface area contributed by atoms with Crippen molar-refractivity contribution < 1.29 is 9.52 Å². The Morgan fingerprint density at radius 1 is 1.47 bits per heavy atom. The van der Waals surface area contributed by atoms with E-state index in [1.54, 1.807) is 6.26 Å². The molecule has 0 aliphatic heterocycles. The summed E-state index contributed by atoms with van der Waals surface area (Å²) < 4.78 is 7.23. The van der Waals surface area contributed by atoms with Gasteiger partial charge in [-0.1, -0.05) is 0 Å². The zero-order valence-electron chi connectivity index (χ0n) is 11.6. The standard InChI is InChI=1S/C14H21N3O2/c1-14(2,3)17-9-11(8-16-17)7-15-12(10-18)13-5-4-6-19-13/h4-6,8-9,12,15,18H,7,10H2,1-3H3. The minimum Gasteiger partial charge on any atom is -0.468 e. The maximum Gasteiger partial charge on any atom is 0.123 e. The first kappa shape index (κ1) is 13.8. The van der Waals surface area contributed by atoms with Crippen LogP contribution in [0.2, 0.25) is 0 Å². The molecule has 2 heterocycles. The molecule has 0 saturated carbocycles. The topological polar surface area (TPSA) is 63.2 Å². The van der Waals surface area contributed by atoms with Gasteiger partial charge in [0.05, 0.1) is 30.6 Å². The Morgan fingerprint density at radius 3 is 2.79 bits per heavy atom. The van der Waals surface area contributed by atoms with Crippen LogP contribution in [0.5, 0.6) is 0 Å². The molecule has 2 aromatic heterocycles. The number of aliphatic hydroxyl groups excluding tert-OH is 1. The van der Waals surface area contributed by atoms with Crippen molar-refractivity contribution in [3.8, 4) is 0 Å². The van der Waals surface area contributed by atoms with Crippen LogP contribution in [0, 0.1) is 0 Å². The van der Waals surface area contributed by atoms with Gasteiger partial charge in [-0.15, -0.1) is 0 Å². The summed E-state index contributed by atoms with van der Waals surface area (Å²) in [5, 5.41) is 17.0. The lowest BCUT2D eigenvalue weighted by atomic mass is 10.1. The van der Waals surface area contributed by atoms with Crippen molar-refractivity contribution in [1.29, 1.82) is 0 Å². The Labute approximate surface area is 113 Å². The van der Waals surface area contributed by atoms with E-state index in [1.807, 2.05) is 29.2 Å². The van der Waals surface area contributed by atoms with E-state index in [0.29, 0.717) is 6.54 Å².